The normalized spacial score (nSPS) is 18.4. The number of benzene rings is 1. The van der Waals surface area contributed by atoms with Gasteiger partial charge in [-0.1, -0.05) is 5.16 Å². The number of carboxylic acid groups (broad SMARTS) is 1. The number of non-ortho nitro benzene ring substituents is 1. The fourth-order valence-corrected chi connectivity index (χ4v) is 5.85. The summed E-state index contributed by atoms with van der Waals surface area (Å²) < 4.78 is 0. The fourth-order valence-electron chi connectivity index (χ4n) is 4.47. The Hall–Kier alpha value is -3.70. The first kappa shape index (κ1) is 29.3. The Kier molecular flexibility index (Phi) is 8.65. The zero-order chi connectivity index (χ0) is 27.8. The standard InChI is InChI=1S/C23H19N7O7S2.Na/c1-37-28-16(14-9-39-23(24)26-14)19(31)27-17-15-7-6-12(18(22(33)34)29(15)21(17)32)13-8-38-20(25-13)10-2-4-11(5-3-10)30(35)36;/h2-5,8-9,15,17H,6-7H2,1H3,(H4,24,26,27,31,33,34);/q;+1/p-1/b28-16+;/t15-,17+;/m1./s1. The van der Waals surface area contributed by atoms with Crippen molar-refractivity contribution in [1.82, 2.24) is 20.2 Å². The van der Waals surface area contributed by atoms with Crippen molar-refractivity contribution in [2.45, 2.75) is 24.9 Å². The Morgan fingerprint density at radius 2 is 2.02 bits per heavy atom. The smallest absolute Gasteiger partial charge is 0.477 e. The number of carbonyl (C=O) groups excluding carboxylic acids is 2. The van der Waals surface area contributed by atoms with Crippen LogP contribution < -0.4 is 44.7 Å². The summed E-state index contributed by atoms with van der Waals surface area (Å²) in [6.45, 7) is 0. The summed E-state index contributed by atoms with van der Waals surface area (Å²) in [5.41, 5.74) is 1.07. The monoisotopic (exact) mass is 591 g/mol. The molecular formula is C23H18N7NaO7S2. The number of thiazole rings is 2. The number of rotatable bonds is 8. The van der Waals surface area contributed by atoms with Gasteiger partial charge in [0.15, 0.2) is 5.71 Å². The SMILES string of the molecule is CO/N=C(/C(=O)N[C@@H]1C(=O)N2C(C(=O)O)=C(c3csc(-c4ccc([N+](=O)[O-])cc4)n3)CC[C@H]12)c1csc(=N)[n-]1.[Na+]. The number of allylic oxidation sites excluding steroid dienone is 1. The van der Waals surface area contributed by atoms with Crippen molar-refractivity contribution in [3.05, 3.63) is 67.0 Å². The first-order valence-corrected chi connectivity index (χ1v) is 13.0. The van der Waals surface area contributed by atoms with Gasteiger partial charge in [-0.2, -0.15) is 11.3 Å². The molecular weight excluding hydrogens is 573 g/mol. The van der Waals surface area contributed by atoms with Gasteiger partial charge in [0.25, 0.3) is 17.5 Å². The summed E-state index contributed by atoms with van der Waals surface area (Å²) >= 11 is 2.25. The number of aliphatic carboxylic acids is 1. The van der Waals surface area contributed by atoms with Gasteiger partial charge >= 0.3 is 35.5 Å². The number of nitrogens with zero attached hydrogens (tertiary/aromatic N) is 5. The molecule has 0 unspecified atom stereocenters. The molecule has 17 heteroatoms. The summed E-state index contributed by atoms with van der Waals surface area (Å²) in [4.78, 5) is 63.0. The van der Waals surface area contributed by atoms with Gasteiger partial charge in [-0.3, -0.25) is 24.6 Å². The molecule has 2 amide bonds. The minimum atomic E-state index is -1.30. The van der Waals surface area contributed by atoms with Crippen LogP contribution in [0.4, 0.5) is 5.69 Å². The van der Waals surface area contributed by atoms with Crippen molar-refractivity contribution < 1.29 is 58.8 Å². The molecule has 0 spiro atoms. The summed E-state index contributed by atoms with van der Waals surface area (Å²) in [7, 11) is 1.25. The number of carbonyl (C=O) groups is 3. The van der Waals surface area contributed by atoms with Gasteiger partial charge in [-0.25, -0.2) is 9.78 Å². The Labute approximate surface area is 255 Å². The number of nitrogens with one attached hydrogen (secondary N) is 2. The molecule has 2 atom stereocenters. The maximum atomic E-state index is 13.1. The van der Waals surface area contributed by atoms with E-state index in [9.17, 15) is 29.6 Å². The number of β-lactam (4-membered cyclic amide) rings is 1. The van der Waals surface area contributed by atoms with Gasteiger partial charge < -0.3 is 25.7 Å². The topological polar surface area (TPSA) is 202 Å². The van der Waals surface area contributed by atoms with E-state index in [1.165, 1.54) is 36.0 Å². The van der Waals surface area contributed by atoms with E-state index in [2.05, 4.69) is 20.4 Å². The Morgan fingerprint density at radius 3 is 2.62 bits per heavy atom. The van der Waals surface area contributed by atoms with E-state index < -0.39 is 34.8 Å². The third kappa shape index (κ3) is 5.35. The molecule has 3 aromatic rings. The van der Waals surface area contributed by atoms with Crippen molar-refractivity contribution in [2.24, 2.45) is 5.16 Å². The van der Waals surface area contributed by atoms with Crippen LogP contribution in [0.25, 0.3) is 16.1 Å². The van der Waals surface area contributed by atoms with Crippen LogP contribution in [0, 0.1) is 15.5 Å². The Balaban J connectivity index is 0.00000370. The molecule has 2 aromatic heterocycles. The third-order valence-corrected chi connectivity index (χ3v) is 7.76. The second-order valence-electron chi connectivity index (χ2n) is 8.40. The molecule has 0 saturated carbocycles. The van der Waals surface area contributed by atoms with Crippen LogP contribution in [0.5, 0.6) is 0 Å². The number of oxime groups is 1. The summed E-state index contributed by atoms with van der Waals surface area (Å²) in [5.74, 6) is -2.63. The molecule has 2 aliphatic heterocycles. The zero-order valence-corrected chi connectivity index (χ0v) is 24.6. The summed E-state index contributed by atoms with van der Waals surface area (Å²) in [6, 6.07) is 4.28. The van der Waals surface area contributed by atoms with Crippen LogP contribution in [0.2, 0.25) is 0 Å². The molecule has 0 radical (unpaired) electrons. The van der Waals surface area contributed by atoms with Crippen LogP contribution in [-0.2, 0) is 19.2 Å². The summed E-state index contributed by atoms with van der Waals surface area (Å²) in [6.07, 6.45) is 0.663. The predicted molar refractivity (Wildman–Crippen MR) is 138 cm³/mol. The second-order valence-corrected chi connectivity index (χ2v) is 10.1. The van der Waals surface area contributed by atoms with E-state index in [0.717, 1.165) is 16.2 Å². The van der Waals surface area contributed by atoms with E-state index in [1.807, 2.05) is 0 Å². The van der Waals surface area contributed by atoms with Crippen LogP contribution >= 0.6 is 22.7 Å². The van der Waals surface area contributed by atoms with Crippen molar-refractivity contribution in [3.8, 4) is 10.6 Å². The average Bonchev–Trinajstić information content (AvgIpc) is 3.58. The van der Waals surface area contributed by atoms with E-state index in [1.54, 1.807) is 17.5 Å². The van der Waals surface area contributed by atoms with E-state index >= 15 is 0 Å². The van der Waals surface area contributed by atoms with Gasteiger partial charge in [0, 0.05) is 34.3 Å². The van der Waals surface area contributed by atoms with E-state index in [-0.39, 0.29) is 57.1 Å². The van der Waals surface area contributed by atoms with Crippen LogP contribution in [0.1, 0.15) is 24.2 Å². The van der Waals surface area contributed by atoms with Crippen LogP contribution in [0.15, 0.2) is 45.9 Å². The van der Waals surface area contributed by atoms with Crippen molar-refractivity contribution in [2.75, 3.05) is 7.11 Å². The molecule has 40 heavy (non-hydrogen) atoms. The number of nitro groups is 1. The van der Waals surface area contributed by atoms with Gasteiger partial charge in [-0.05, 0) is 35.2 Å². The zero-order valence-electron chi connectivity index (χ0n) is 21.0. The molecule has 5 rings (SSSR count). The van der Waals surface area contributed by atoms with Crippen molar-refractivity contribution in [1.29, 1.82) is 5.41 Å². The minimum absolute atomic E-state index is 0. The number of aromatic nitrogens is 2. The number of nitro benzene ring substituents is 1. The molecule has 2 aliphatic rings. The molecule has 0 bridgehead atoms. The molecule has 1 aromatic carbocycles. The first-order chi connectivity index (χ1) is 18.7. The number of carboxylic acids is 1. The number of hydrogen-bond donors (Lipinski definition) is 3. The molecule has 1 saturated heterocycles. The van der Waals surface area contributed by atoms with Gasteiger partial charge in [0.2, 0.25) is 0 Å². The third-order valence-electron chi connectivity index (χ3n) is 6.21. The van der Waals surface area contributed by atoms with E-state index in [0.29, 0.717) is 34.7 Å². The predicted octanol–water partition coefficient (Wildman–Crippen LogP) is -1.44. The Morgan fingerprint density at radius 1 is 1.30 bits per heavy atom. The summed E-state index contributed by atoms with van der Waals surface area (Å²) in [5, 5.41) is 38.5. The number of amides is 2. The molecule has 200 valence electrons. The van der Waals surface area contributed by atoms with Crippen LogP contribution in [-0.4, -0.2) is 62.6 Å². The molecule has 14 nitrogen and oxygen atoms in total. The maximum Gasteiger partial charge on any atom is 1.00 e. The van der Waals surface area contributed by atoms with Gasteiger partial charge in [0.1, 0.15) is 23.9 Å². The second kappa shape index (κ2) is 11.8. The molecule has 1 fully saturated rings. The van der Waals surface area contributed by atoms with Crippen molar-refractivity contribution in [3.63, 3.8) is 0 Å². The fraction of sp³-hybridized carbons (Fsp3) is 0.217. The quantitative estimate of drug-likeness (QED) is 0.0921. The minimum Gasteiger partial charge on any atom is -0.477 e. The van der Waals surface area contributed by atoms with Crippen molar-refractivity contribution >= 4 is 57.4 Å². The first-order valence-electron chi connectivity index (χ1n) is 11.3. The molecule has 3 N–H and O–H groups in total. The molecule has 4 heterocycles. The molecule has 0 aliphatic carbocycles. The maximum absolute atomic E-state index is 13.1. The average molecular weight is 592 g/mol. The Bertz CT molecular complexity index is 1630. The van der Waals surface area contributed by atoms with Crippen LogP contribution in [0.3, 0.4) is 0 Å². The van der Waals surface area contributed by atoms with Gasteiger partial charge in [-0.15, -0.1) is 11.3 Å². The van der Waals surface area contributed by atoms with Gasteiger partial charge in [0.05, 0.1) is 16.7 Å². The van der Waals surface area contributed by atoms with E-state index in [4.69, 9.17) is 10.2 Å². The number of hydrogen-bond acceptors (Lipinski definition) is 11. The largest absolute Gasteiger partial charge is 1.00 e. The number of fused-ring (bicyclic) bond motifs is 1.